The van der Waals surface area contributed by atoms with Crippen LogP contribution in [0.15, 0.2) is 10.8 Å². The highest BCUT2D eigenvalue weighted by atomic mass is 32.1. The van der Waals surface area contributed by atoms with E-state index in [1.165, 1.54) is 141 Å². The maximum Gasteiger partial charge on any atom is -0.00584 e. The summed E-state index contributed by atoms with van der Waals surface area (Å²) in [6.07, 6.45) is 31.5. The molecule has 0 saturated heterocycles. The summed E-state index contributed by atoms with van der Waals surface area (Å²) in [5.74, 6) is 0. The lowest BCUT2D eigenvalue weighted by Gasteiger charge is -2.06. The van der Waals surface area contributed by atoms with Crippen molar-refractivity contribution in [2.45, 2.75) is 155 Å². The number of unbranched alkanes of at least 4 members (excludes halogenated alkanes) is 18. The Balaban J connectivity index is 1.88. The smallest absolute Gasteiger partial charge is 0.00584 e. The van der Waals surface area contributed by atoms with E-state index in [0.29, 0.717) is 0 Å². The fraction of sp³-hybridized carbons (Fsp3) is 0.857. The maximum atomic E-state index is 2.43. The van der Waals surface area contributed by atoms with Crippen LogP contribution >= 0.6 is 11.3 Å². The molecular formula is C28H52S. The Hall–Kier alpha value is -0.300. The fourth-order valence-electron chi connectivity index (χ4n) is 4.39. The highest BCUT2D eigenvalue weighted by Crippen LogP contribution is 2.21. The molecule has 1 heterocycles. The average Bonchev–Trinajstić information content (AvgIpc) is 3.18. The Morgan fingerprint density at radius 2 is 0.690 bits per heavy atom. The van der Waals surface area contributed by atoms with Crippen LogP contribution in [0.2, 0.25) is 0 Å². The van der Waals surface area contributed by atoms with Gasteiger partial charge in [0.05, 0.1) is 0 Å². The monoisotopic (exact) mass is 420 g/mol. The molecule has 0 bridgehead atoms. The molecule has 0 aliphatic heterocycles. The summed E-state index contributed by atoms with van der Waals surface area (Å²) in [6.45, 7) is 4.60. The Labute approximate surface area is 188 Å². The van der Waals surface area contributed by atoms with E-state index < -0.39 is 0 Å². The van der Waals surface area contributed by atoms with Gasteiger partial charge in [0.2, 0.25) is 0 Å². The zero-order chi connectivity index (χ0) is 20.8. The molecule has 1 aromatic heterocycles. The first-order chi connectivity index (χ1) is 14.4. The molecule has 0 fully saturated rings. The van der Waals surface area contributed by atoms with Gasteiger partial charge in [0.1, 0.15) is 0 Å². The van der Waals surface area contributed by atoms with Crippen molar-refractivity contribution in [3.63, 3.8) is 0 Å². The van der Waals surface area contributed by atoms with E-state index in [4.69, 9.17) is 0 Å². The summed E-state index contributed by atoms with van der Waals surface area (Å²) in [5, 5.41) is 4.85. The van der Waals surface area contributed by atoms with Gasteiger partial charge >= 0.3 is 0 Å². The van der Waals surface area contributed by atoms with E-state index in [9.17, 15) is 0 Å². The SMILES string of the molecule is CCCCCCCCCCCCCCCCc1cscc1CCCCCCCC. The first kappa shape index (κ1) is 26.7. The van der Waals surface area contributed by atoms with Crippen LogP contribution in [0.1, 0.15) is 153 Å². The lowest BCUT2D eigenvalue weighted by atomic mass is 10.00. The van der Waals surface area contributed by atoms with Gasteiger partial charge in [-0.25, -0.2) is 0 Å². The standard InChI is InChI=1S/C28H52S/c1-3-5-7-9-11-12-13-14-15-16-17-18-20-22-24-28-26-29-25-27(28)23-21-19-10-8-6-4-2/h25-26H,3-24H2,1-2H3. The predicted molar refractivity (Wildman–Crippen MR) is 135 cm³/mol. The van der Waals surface area contributed by atoms with E-state index in [2.05, 4.69) is 24.6 Å². The molecule has 1 rings (SSSR count). The maximum absolute atomic E-state index is 2.43. The van der Waals surface area contributed by atoms with E-state index in [0.717, 1.165) is 0 Å². The molecule has 0 amide bonds. The van der Waals surface area contributed by atoms with Crippen molar-refractivity contribution in [2.24, 2.45) is 0 Å². The van der Waals surface area contributed by atoms with E-state index in [-0.39, 0.29) is 0 Å². The lowest BCUT2D eigenvalue weighted by Crippen LogP contribution is -1.92. The molecule has 170 valence electrons. The van der Waals surface area contributed by atoms with Crippen LogP contribution in [0.3, 0.4) is 0 Å². The second-order valence-electron chi connectivity index (χ2n) is 9.29. The van der Waals surface area contributed by atoms with Crippen molar-refractivity contribution in [2.75, 3.05) is 0 Å². The van der Waals surface area contributed by atoms with Crippen LogP contribution in [0.4, 0.5) is 0 Å². The van der Waals surface area contributed by atoms with Crippen molar-refractivity contribution >= 4 is 11.3 Å². The summed E-state index contributed by atoms with van der Waals surface area (Å²) in [7, 11) is 0. The summed E-state index contributed by atoms with van der Waals surface area (Å²) in [6, 6.07) is 0. The molecule has 1 aromatic rings. The van der Waals surface area contributed by atoms with Gasteiger partial charge in [-0.2, -0.15) is 11.3 Å². The Kier molecular flexibility index (Phi) is 19.3. The van der Waals surface area contributed by atoms with Gasteiger partial charge in [0.25, 0.3) is 0 Å². The molecule has 29 heavy (non-hydrogen) atoms. The molecule has 0 aromatic carbocycles. The van der Waals surface area contributed by atoms with Gasteiger partial charge in [-0.15, -0.1) is 0 Å². The molecule has 0 radical (unpaired) electrons. The Morgan fingerprint density at radius 3 is 1.00 bits per heavy atom. The van der Waals surface area contributed by atoms with Crippen LogP contribution in [-0.2, 0) is 12.8 Å². The van der Waals surface area contributed by atoms with E-state index >= 15 is 0 Å². The zero-order valence-corrected chi connectivity index (χ0v) is 20.9. The van der Waals surface area contributed by atoms with E-state index in [1.807, 2.05) is 11.3 Å². The minimum Gasteiger partial charge on any atom is -0.152 e. The largest absolute Gasteiger partial charge is 0.152 e. The summed E-state index contributed by atoms with van der Waals surface area (Å²) in [5.41, 5.74) is 3.34. The minimum atomic E-state index is 1.32. The van der Waals surface area contributed by atoms with Crippen LogP contribution in [0.5, 0.6) is 0 Å². The molecule has 0 nitrogen and oxygen atoms in total. The van der Waals surface area contributed by atoms with Crippen molar-refractivity contribution in [3.8, 4) is 0 Å². The number of hydrogen-bond donors (Lipinski definition) is 0. The third kappa shape index (κ3) is 16.1. The lowest BCUT2D eigenvalue weighted by molar-refractivity contribution is 0.535. The molecule has 1 heteroatoms. The van der Waals surface area contributed by atoms with Crippen LogP contribution < -0.4 is 0 Å². The topological polar surface area (TPSA) is 0 Å². The summed E-state index contributed by atoms with van der Waals surface area (Å²) in [4.78, 5) is 0. The highest BCUT2D eigenvalue weighted by Gasteiger charge is 2.04. The average molecular weight is 421 g/mol. The molecule has 0 unspecified atom stereocenters. The van der Waals surface area contributed by atoms with Crippen molar-refractivity contribution in [1.29, 1.82) is 0 Å². The van der Waals surface area contributed by atoms with Gasteiger partial charge in [-0.05, 0) is 47.6 Å². The molecule has 0 atom stereocenters. The second-order valence-corrected chi connectivity index (χ2v) is 10.0. The van der Waals surface area contributed by atoms with Gasteiger partial charge in [0.15, 0.2) is 0 Å². The second kappa shape index (κ2) is 21.0. The molecule has 0 aliphatic carbocycles. The van der Waals surface area contributed by atoms with Gasteiger partial charge < -0.3 is 0 Å². The number of thiophene rings is 1. The third-order valence-electron chi connectivity index (χ3n) is 6.43. The predicted octanol–water partition coefficient (Wildman–Crippen LogP) is 10.7. The Bertz CT molecular complexity index is 433. The molecule has 0 aliphatic rings. The molecule has 0 saturated carbocycles. The van der Waals surface area contributed by atoms with E-state index in [1.54, 1.807) is 11.1 Å². The minimum absolute atomic E-state index is 1.32. The third-order valence-corrected chi connectivity index (χ3v) is 7.27. The number of rotatable bonds is 22. The van der Waals surface area contributed by atoms with Crippen LogP contribution in [0.25, 0.3) is 0 Å². The van der Waals surface area contributed by atoms with Gasteiger partial charge in [-0.3, -0.25) is 0 Å². The van der Waals surface area contributed by atoms with Crippen molar-refractivity contribution in [1.82, 2.24) is 0 Å². The number of hydrogen-bond acceptors (Lipinski definition) is 1. The molecular weight excluding hydrogens is 368 g/mol. The van der Waals surface area contributed by atoms with Crippen LogP contribution in [0, 0.1) is 0 Å². The quantitative estimate of drug-likeness (QED) is 0.164. The van der Waals surface area contributed by atoms with Crippen LogP contribution in [-0.4, -0.2) is 0 Å². The number of aryl methyl sites for hydroxylation is 2. The van der Waals surface area contributed by atoms with Crippen molar-refractivity contribution < 1.29 is 0 Å². The Morgan fingerprint density at radius 1 is 0.414 bits per heavy atom. The molecule has 0 spiro atoms. The highest BCUT2D eigenvalue weighted by molar-refractivity contribution is 7.08. The normalized spacial score (nSPS) is 11.4. The first-order valence-corrected chi connectivity index (χ1v) is 14.4. The zero-order valence-electron chi connectivity index (χ0n) is 20.1. The summed E-state index contributed by atoms with van der Waals surface area (Å²) >= 11 is 1.92. The van der Waals surface area contributed by atoms with Gasteiger partial charge in [0, 0.05) is 0 Å². The fourth-order valence-corrected chi connectivity index (χ4v) is 5.33. The summed E-state index contributed by atoms with van der Waals surface area (Å²) < 4.78 is 0. The van der Waals surface area contributed by atoms with Gasteiger partial charge in [-0.1, -0.05) is 129 Å². The first-order valence-electron chi connectivity index (χ1n) is 13.4. The molecule has 0 N–H and O–H groups in total. The van der Waals surface area contributed by atoms with Crippen molar-refractivity contribution in [3.05, 3.63) is 21.9 Å².